The predicted octanol–water partition coefficient (Wildman–Crippen LogP) is 2.12. The number of hydrogen-bond donors (Lipinski definition) is 2. The Hall–Kier alpha value is -0.910. The summed E-state index contributed by atoms with van der Waals surface area (Å²) < 4.78 is 27.4. The topological polar surface area (TPSA) is 58.2 Å². The number of hydrogen-bond acceptors (Lipinski definition) is 3. The molecule has 0 radical (unpaired) electrons. The highest BCUT2D eigenvalue weighted by molar-refractivity contribution is 7.89. The van der Waals surface area contributed by atoms with Gasteiger partial charge >= 0.3 is 0 Å². The number of nitrogens with one attached hydrogen (secondary N) is 2. The summed E-state index contributed by atoms with van der Waals surface area (Å²) in [6, 6.07) is 7.01. The summed E-state index contributed by atoms with van der Waals surface area (Å²) in [6.45, 7) is 6.69. The quantitative estimate of drug-likeness (QED) is 0.806. The SMILES string of the molecule is CCC(NS(=O)(=O)c1cccc(CNC)c1)C(C)C. The van der Waals surface area contributed by atoms with E-state index in [1.807, 2.05) is 33.9 Å². The first-order valence-electron chi connectivity index (χ1n) is 6.66. The molecule has 5 heteroatoms. The molecular formula is C14H24N2O2S. The van der Waals surface area contributed by atoms with Crippen LogP contribution in [0.2, 0.25) is 0 Å². The van der Waals surface area contributed by atoms with E-state index in [4.69, 9.17) is 0 Å². The second-order valence-electron chi connectivity index (χ2n) is 5.06. The van der Waals surface area contributed by atoms with Gasteiger partial charge in [0, 0.05) is 12.6 Å². The number of rotatable bonds is 7. The Morgan fingerprint density at radius 3 is 2.47 bits per heavy atom. The Bertz CT molecular complexity index is 498. The molecule has 0 aromatic heterocycles. The van der Waals surface area contributed by atoms with Crippen molar-refractivity contribution in [3.05, 3.63) is 29.8 Å². The smallest absolute Gasteiger partial charge is 0.240 e. The van der Waals surface area contributed by atoms with E-state index in [0.717, 1.165) is 12.0 Å². The Kier molecular flexibility index (Phi) is 5.97. The highest BCUT2D eigenvalue weighted by atomic mass is 32.2. The van der Waals surface area contributed by atoms with E-state index < -0.39 is 10.0 Å². The lowest BCUT2D eigenvalue weighted by Gasteiger charge is -2.20. The van der Waals surface area contributed by atoms with E-state index >= 15 is 0 Å². The standard InChI is InChI=1S/C14H24N2O2S/c1-5-14(11(2)3)16-19(17,18)13-8-6-7-12(9-13)10-15-4/h6-9,11,14-16H,5,10H2,1-4H3. The molecule has 0 bridgehead atoms. The zero-order valence-electron chi connectivity index (χ0n) is 12.1. The fourth-order valence-corrected chi connectivity index (χ4v) is 3.52. The average molecular weight is 284 g/mol. The van der Waals surface area contributed by atoms with Gasteiger partial charge in [0.25, 0.3) is 0 Å². The summed E-state index contributed by atoms with van der Waals surface area (Å²) in [6.07, 6.45) is 0.785. The molecule has 4 nitrogen and oxygen atoms in total. The monoisotopic (exact) mass is 284 g/mol. The third-order valence-electron chi connectivity index (χ3n) is 3.14. The molecular weight excluding hydrogens is 260 g/mol. The second kappa shape index (κ2) is 7.03. The fourth-order valence-electron chi connectivity index (χ4n) is 1.98. The Balaban J connectivity index is 2.96. The van der Waals surface area contributed by atoms with Crippen molar-refractivity contribution >= 4 is 10.0 Å². The first kappa shape index (κ1) is 16.1. The van der Waals surface area contributed by atoms with Crippen LogP contribution in [0.15, 0.2) is 29.2 Å². The molecule has 0 fully saturated rings. The van der Waals surface area contributed by atoms with Crippen LogP contribution < -0.4 is 10.0 Å². The molecule has 0 aliphatic rings. The van der Waals surface area contributed by atoms with E-state index in [-0.39, 0.29) is 12.0 Å². The average Bonchev–Trinajstić information content (AvgIpc) is 2.36. The lowest BCUT2D eigenvalue weighted by molar-refractivity contribution is 0.437. The maximum Gasteiger partial charge on any atom is 0.240 e. The molecule has 1 aromatic rings. The molecule has 0 saturated carbocycles. The van der Waals surface area contributed by atoms with Crippen LogP contribution in [0.3, 0.4) is 0 Å². The minimum Gasteiger partial charge on any atom is -0.316 e. The summed E-state index contributed by atoms with van der Waals surface area (Å²) in [4.78, 5) is 0.333. The van der Waals surface area contributed by atoms with Gasteiger partial charge in [0.2, 0.25) is 10.0 Å². The van der Waals surface area contributed by atoms with Crippen LogP contribution in [0.5, 0.6) is 0 Å². The maximum absolute atomic E-state index is 12.3. The van der Waals surface area contributed by atoms with E-state index in [0.29, 0.717) is 11.4 Å². The largest absolute Gasteiger partial charge is 0.316 e. The fraction of sp³-hybridized carbons (Fsp3) is 0.571. The first-order chi connectivity index (χ1) is 8.90. The molecule has 0 spiro atoms. The van der Waals surface area contributed by atoms with Crippen molar-refractivity contribution in [2.75, 3.05) is 7.05 Å². The minimum absolute atomic E-state index is 0.0297. The highest BCUT2D eigenvalue weighted by Gasteiger charge is 2.21. The number of sulfonamides is 1. The van der Waals surface area contributed by atoms with Crippen LogP contribution in [0.25, 0.3) is 0 Å². The molecule has 0 aliphatic carbocycles. The van der Waals surface area contributed by atoms with Gasteiger partial charge in [-0.05, 0) is 37.1 Å². The lowest BCUT2D eigenvalue weighted by Crippen LogP contribution is -2.38. The summed E-state index contributed by atoms with van der Waals surface area (Å²) in [5, 5.41) is 3.02. The van der Waals surface area contributed by atoms with E-state index in [2.05, 4.69) is 10.0 Å². The van der Waals surface area contributed by atoms with Crippen molar-refractivity contribution in [3.63, 3.8) is 0 Å². The maximum atomic E-state index is 12.3. The third kappa shape index (κ3) is 4.60. The predicted molar refractivity (Wildman–Crippen MR) is 78.4 cm³/mol. The van der Waals surface area contributed by atoms with Crippen LogP contribution in [0.1, 0.15) is 32.8 Å². The third-order valence-corrected chi connectivity index (χ3v) is 4.63. The van der Waals surface area contributed by atoms with Crippen LogP contribution >= 0.6 is 0 Å². The van der Waals surface area contributed by atoms with Crippen molar-refractivity contribution in [2.24, 2.45) is 5.92 Å². The summed E-state index contributed by atoms with van der Waals surface area (Å²) in [7, 11) is -1.60. The van der Waals surface area contributed by atoms with Gasteiger partial charge in [-0.3, -0.25) is 0 Å². The van der Waals surface area contributed by atoms with E-state index in [1.165, 1.54) is 0 Å². The molecule has 1 unspecified atom stereocenters. The molecule has 1 rings (SSSR count). The molecule has 0 amide bonds. The van der Waals surface area contributed by atoms with Crippen LogP contribution in [-0.2, 0) is 16.6 Å². The summed E-state index contributed by atoms with van der Waals surface area (Å²) >= 11 is 0. The zero-order valence-corrected chi connectivity index (χ0v) is 12.9. The van der Waals surface area contributed by atoms with Gasteiger partial charge in [-0.2, -0.15) is 0 Å². The van der Waals surface area contributed by atoms with Crippen molar-refractivity contribution in [1.82, 2.24) is 10.0 Å². The highest BCUT2D eigenvalue weighted by Crippen LogP contribution is 2.15. The van der Waals surface area contributed by atoms with Gasteiger partial charge in [-0.1, -0.05) is 32.9 Å². The summed E-state index contributed by atoms with van der Waals surface area (Å²) in [5.74, 6) is 0.278. The van der Waals surface area contributed by atoms with Crippen molar-refractivity contribution in [3.8, 4) is 0 Å². The van der Waals surface area contributed by atoms with Gasteiger partial charge in [-0.25, -0.2) is 13.1 Å². The Labute approximate surface area is 116 Å². The van der Waals surface area contributed by atoms with Gasteiger partial charge in [0.15, 0.2) is 0 Å². The van der Waals surface area contributed by atoms with Crippen LogP contribution in [0, 0.1) is 5.92 Å². The Morgan fingerprint density at radius 2 is 1.95 bits per heavy atom. The molecule has 0 aliphatic heterocycles. The molecule has 108 valence electrons. The van der Waals surface area contributed by atoms with Crippen LogP contribution in [0.4, 0.5) is 0 Å². The number of benzene rings is 1. The lowest BCUT2D eigenvalue weighted by atomic mass is 10.0. The van der Waals surface area contributed by atoms with Crippen molar-refractivity contribution in [2.45, 2.75) is 44.7 Å². The van der Waals surface area contributed by atoms with E-state index in [9.17, 15) is 8.42 Å². The first-order valence-corrected chi connectivity index (χ1v) is 8.15. The van der Waals surface area contributed by atoms with Crippen molar-refractivity contribution < 1.29 is 8.42 Å². The second-order valence-corrected chi connectivity index (χ2v) is 6.77. The summed E-state index contributed by atoms with van der Waals surface area (Å²) in [5.41, 5.74) is 0.961. The van der Waals surface area contributed by atoms with Gasteiger partial charge in [0.1, 0.15) is 0 Å². The zero-order chi connectivity index (χ0) is 14.5. The molecule has 19 heavy (non-hydrogen) atoms. The van der Waals surface area contributed by atoms with Crippen LogP contribution in [-0.4, -0.2) is 21.5 Å². The normalized spacial score (nSPS) is 13.7. The Morgan fingerprint density at radius 1 is 1.26 bits per heavy atom. The molecule has 1 aromatic carbocycles. The van der Waals surface area contributed by atoms with E-state index in [1.54, 1.807) is 18.2 Å². The van der Waals surface area contributed by atoms with Gasteiger partial charge in [0.05, 0.1) is 4.90 Å². The molecule has 0 saturated heterocycles. The van der Waals surface area contributed by atoms with Crippen molar-refractivity contribution in [1.29, 1.82) is 0 Å². The molecule has 1 atom stereocenters. The molecule has 2 N–H and O–H groups in total. The molecule has 0 heterocycles. The van der Waals surface area contributed by atoms with Gasteiger partial charge < -0.3 is 5.32 Å². The minimum atomic E-state index is -3.44. The van der Waals surface area contributed by atoms with Gasteiger partial charge in [-0.15, -0.1) is 0 Å².